The number of piperidine rings is 1. The molecular weight excluding hydrogens is 310 g/mol. The summed E-state index contributed by atoms with van der Waals surface area (Å²) in [7, 11) is 0. The second kappa shape index (κ2) is 7.04. The van der Waals surface area contributed by atoms with Crippen LogP contribution in [0.5, 0.6) is 0 Å². The van der Waals surface area contributed by atoms with E-state index in [1.165, 1.54) is 16.8 Å². The van der Waals surface area contributed by atoms with Gasteiger partial charge < -0.3 is 5.11 Å². The van der Waals surface area contributed by atoms with E-state index in [-0.39, 0.29) is 6.10 Å². The quantitative estimate of drug-likeness (QED) is 0.934. The SMILES string of the molecule is Cc1nn(Cc2ccc(Cl)cc2)c(C)c1CN1CCCC(O)C1. The van der Waals surface area contributed by atoms with Gasteiger partial charge in [0.15, 0.2) is 0 Å². The Labute approximate surface area is 142 Å². The van der Waals surface area contributed by atoms with E-state index in [1.807, 2.05) is 24.3 Å². The summed E-state index contributed by atoms with van der Waals surface area (Å²) in [4.78, 5) is 2.33. The van der Waals surface area contributed by atoms with Crippen LogP contribution in [0.3, 0.4) is 0 Å². The van der Waals surface area contributed by atoms with Crippen LogP contribution in [0.2, 0.25) is 5.02 Å². The first-order chi connectivity index (χ1) is 11.0. The molecule has 0 aliphatic carbocycles. The summed E-state index contributed by atoms with van der Waals surface area (Å²) in [6, 6.07) is 7.91. The molecule has 1 aliphatic heterocycles. The number of halogens is 1. The van der Waals surface area contributed by atoms with E-state index in [1.54, 1.807) is 0 Å². The molecule has 1 saturated heterocycles. The molecule has 124 valence electrons. The minimum absolute atomic E-state index is 0.187. The van der Waals surface area contributed by atoms with Crippen molar-refractivity contribution in [1.29, 1.82) is 0 Å². The standard InChI is InChI=1S/C18H24ClN3O/c1-13-18(12-21-9-3-4-17(23)11-21)14(2)22(20-13)10-15-5-7-16(19)8-6-15/h5-8,17,23H,3-4,9-12H2,1-2H3. The first-order valence-electron chi connectivity index (χ1n) is 8.20. The molecule has 3 rings (SSSR count). The summed E-state index contributed by atoms with van der Waals surface area (Å²) >= 11 is 5.95. The van der Waals surface area contributed by atoms with Crippen LogP contribution in [0.15, 0.2) is 24.3 Å². The molecule has 1 aromatic heterocycles. The van der Waals surface area contributed by atoms with Crippen LogP contribution in [-0.2, 0) is 13.1 Å². The molecule has 1 aromatic carbocycles. The van der Waals surface area contributed by atoms with Crippen molar-refractivity contribution in [3.63, 3.8) is 0 Å². The monoisotopic (exact) mass is 333 g/mol. The van der Waals surface area contributed by atoms with E-state index < -0.39 is 0 Å². The highest BCUT2D eigenvalue weighted by Crippen LogP contribution is 2.20. The predicted octanol–water partition coefficient (Wildman–Crippen LogP) is 3.16. The van der Waals surface area contributed by atoms with Gasteiger partial charge in [0.25, 0.3) is 0 Å². The lowest BCUT2D eigenvalue weighted by molar-refractivity contribution is 0.0666. The average Bonchev–Trinajstić information content (AvgIpc) is 2.77. The maximum atomic E-state index is 9.85. The number of likely N-dealkylation sites (tertiary alicyclic amines) is 1. The molecular formula is C18H24ClN3O. The van der Waals surface area contributed by atoms with E-state index in [9.17, 15) is 5.11 Å². The fraction of sp³-hybridized carbons (Fsp3) is 0.500. The molecule has 0 bridgehead atoms. The highest BCUT2D eigenvalue weighted by molar-refractivity contribution is 6.30. The van der Waals surface area contributed by atoms with Gasteiger partial charge in [-0.15, -0.1) is 0 Å². The Hall–Kier alpha value is -1.36. The van der Waals surface area contributed by atoms with E-state index in [4.69, 9.17) is 16.7 Å². The number of aromatic nitrogens is 2. The van der Waals surface area contributed by atoms with Gasteiger partial charge in [-0.2, -0.15) is 5.10 Å². The van der Waals surface area contributed by atoms with Crippen LogP contribution in [0, 0.1) is 13.8 Å². The number of benzene rings is 1. The molecule has 1 atom stereocenters. The van der Waals surface area contributed by atoms with E-state index in [0.29, 0.717) is 0 Å². The van der Waals surface area contributed by atoms with Crippen molar-refractivity contribution < 1.29 is 5.11 Å². The van der Waals surface area contributed by atoms with Crippen LogP contribution < -0.4 is 0 Å². The van der Waals surface area contributed by atoms with Crippen LogP contribution >= 0.6 is 11.6 Å². The summed E-state index contributed by atoms with van der Waals surface area (Å²) in [5.41, 5.74) is 4.77. The summed E-state index contributed by atoms with van der Waals surface area (Å²) < 4.78 is 2.06. The van der Waals surface area contributed by atoms with Crippen molar-refractivity contribution >= 4 is 11.6 Å². The third-order valence-corrected chi connectivity index (χ3v) is 4.89. The summed E-state index contributed by atoms with van der Waals surface area (Å²) in [5, 5.41) is 15.3. The minimum Gasteiger partial charge on any atom is -0.392 e. The highest BCUT2D eigenvalue weighted by atomic mass is 35.5. The number of hydrogen-bond acceptors (Lipinski definition) is 3. The first kappa shape index (κ1) is 16.5. The molecule has 5 heteroatoms. The fourth-order valence-electron chi connectivity index (χ4n) is 3.28. The fourth-order valence-corrected chi connectivity index (χ4v) is 3.40. The Morgan fingerprint density at radius 2 is 1.96 bits per heavy atom. The summed E-state index contributed by atoms with van der Waals surface area (Å²) in [6.45, 7) is 7.65. The number of aryl methyl sites for hydroxylation is 1. The van der Waals surface area contributed by atoms with Gasteiger partial charge in [0.05, 0.1) is 18.3 Å². The smallest absolute Gasteiger partial charge is 0.0667 e. The molecule has 1 fully saturated rings. The molecule has 0 saturated carbocycles. The maximum Gasteiger partial charge on any atom is 0.0667 e. The summed E-state index contributed by atoms with van der Waals surface area (Å²) in [5.74, 6) is 0. The average molecular weight is 334 g/mol. The number of aliphatic hydroxyl groups excluding tert-OH is 1. The maximum absolute atomic E-state index is 9.85. The lowest BCUT2D eigenvalue weighted by atomic mass is 10.1. The largest absolute Gasteiger partial charge is 0.392 e. The molecule has 23 heavy (non-hydrogen) atoms. The van der Waals surface area contributed by atoms with Crippen LogP contribution in [0.4, 0.5) is 0 Å². The molecule has 2 heterocycles. The highest BCUT2D eigenvalue weighted by Gasteiger charge is 2.20. The topological polar surface area (TPSA) is 41.3 Å². The van der Waals surface area contributed by atoms with Crippen molar-refractivity contribution in [2.24, 2.45) is 0 Å². The van der Waals surface area contributed by atoms with Gasteiger partial charge in [-0.1, -0.05) is 23.7 Å². The van der Waals surface area contributed by atoms with Gasteiger partial charge in [0.1, 0.15) is 0 Å². The van der Waals surface area contributed by atoms with E-state index in [2.05, 4.69) is 23.4 Å². The van der Waals surface area contributed by atoms with Crippen molar-refractivity contribution in [3.8, 4) is 0 Å². The molecule has 0 amide bonds. The van der Waals surface area contributed by atoms with Crippen LogP contribution in [0.1, 0.15) is 35.4 Å². The second-order valence-corrected chi connectivity index (χ2v) is 6.90. The summed E-state index contributed by atoms with van der Waals surface area (Å²) in [6.07, 6.45) is 1.80. The molecule has 1 N–H and O–H groups in total. The van der Waals surface area contributed by atoms with E-state index in [0.717, 1.165) is 49.7 Å². The number of β-amino-alcohol motifs (C(OH)–C–C–N with tert-alkyl or cyclic N) is 1. The predicted molar refractivity (Wildman–Crippen MR) is 92.8 cm³/mol. The minimum atomic E-state index is -0.187. The van der Waals surface area contributed by atoms with Crippen LogP contribution in [-0.4, -0.2) is 39.0 Å². The van der Waals surface area contributed by atoms with Gasteiger partial charge in [0, 0.05) is 29.4 Å². The third kappa shape index (κ3) is 3.94. The third-order valence-electron chi connectivity index (χ3n) is 4.64. The number of rotatable bonds is 4. The molecule has 1 unspecified atom stereocenters. The lowest BCUT2D eigenvalue weighted by Gasteiger charge is -2.30. The molecule has 0 radical (unpaired) electrons. The van der Waals surface area contributed by atoms with Crippen molar-refractivity contribution in [2.45, 2.75) is 45.9 Å². The number of nitrogens with zero attached hydrogens (tertiary/aromatic N) is 3. The van der Waals surface area contributed by atoms with Gasteiger partial charge in [0.2, 0.25) is 0 Å². The van der Waals surface area contributed by atoms with Gasteiger partial charge in [-0.3, -0.25) is 9.58 Å². The van der Waals surface area contributed by atoms with Crippen molar-refractivity contribution in [1.82, 2.24) is 14.7 Å². The Morgan fingerprint density at radius 3 is 2.65 bits per heavy atom. The number of hydrogen-bond donors (Lipinski definition) is 1. The lowest BCUT2D eigenvalue weighted by Crippen LogP contribution is -2.37. The van der Waals surface area contributed by atoms with Gasteiger partial charge in [-0.25, -0.2) is 0 Å². The zero-order chi connectivity index (χ0) is 16.4. The van der Waals surface area contributed by atoms with Gasteiger partial charge >= 0.3 is 0 Å². The van der Waals surface area contributed by atoms with E-state index >= 15 is 0 Å². The van der Waals surface area contributed by atoms with Crippen molar-refractivity contribution in [2.75, 3.05) is 13.1 Å². The van der Waals surface area contributed by atoms with Gasteiger partial charge in [-0.05, 0) is 50.9 Å². The molecule has 4 nitrogen and oxygen atoms in total. The zero-order valence-corrected chi connectivity index (χ0v) is 14.6. The molecule has 1 aliphatic rings. The Morgan fingerprint density at radius 1 is 1.22 bits per heavy atom. The number of aliphatic hydroxyl groups is 1. The second-order valence-electron chi connectivity index (χ2n) is 6.46. The Bertz CT molecular complexity index is 666. The Balaban J connectivity index is 1.75. The molecule has 2 aromatic rings. The van der Waals surface area contributed by atoms with Crippen LogP contribution in [0.25, 0.3) is 0 Å². The zero-order valence-electron chi connectivity index (χ0n) is 13.8. The first-order valence-corrected chi connectivity index (χ1v) is 8.58. The normalized spacial score (nSPS) is 19.2. The molecule has 0 spiro atoms. The van der Waals surface area contributed by atoms with Crippen molar-refractivity contribution in [3.05, 3.63) is 51.8 Å². The Kier molecular flexibility index (Phi) is 5.05.